The van der Waals surface area contributed by atoms with Crippen molar-refractivity contribution in [1.82, 2.24) is 14.7 Å². The Morgan fingerprint density at radius 2 is 2.21 bits per heavy atom. The van der Waals surface area contributed by atoms with Crippen LogP contribution in [0.4, 0.5) is 0 Å². The van der Waals surface area contributed by atoms with E-state index in [1.165, 1.54) is 0 Å². The Morgan fingerprint density at radius 1 is 1.33 bits per heavy atom. The van der Waals surface area contributed by atoms with E-state index in [2.05, 4.69) is 18.1 Å². The second kappa shape index (κ2) is 5.85. The average molecular weight is 327 g/mol. The number of aryl methyl sites for hydroxylation is 2. The van der Waals surface area contributed by atoms with E-state index < -0.39 is 0 Å². The fourth-order valence-corrected chi connectivity index (χ4v) is 3.61. The molecule has 0 saturated carbocycles. The number of hydrogen-bond donors (Lipinski definition) is 0. The van der Waals surface area contributed by atoms with Crippen LogP contribution in [-0.2, 0) is 6.54 Å². The molecule has 3 heterocycles. The van der Waals surface area contributed by atoms with Gasteiger partial charge >= 0.3 is 0 Å². The van der Waals surface area contributed by atoms with Gasteiger partial charge in [-0.05, 0) is 44.9 Å². The van der Waals surface area contributed by atoms with Gasteiger partial charge in [0.05, 0.1) is 23.8 Å². The molecule has 1 aromatic heterocycles. The Kier molecular flexibility index (Phi) is 3.67. The fraction of sp³-hybridized carbons (Fsp3) is 0.444. The minimum Gasteiger partial charge on any atom is -0.454 e. The van der Waals surface area contributed by atoms with Crippen molar-refractivity contribution < 1.29 is 14.3 Å². The highest BCUT2D eigenvalue weighted by atomic mass is 16.7. The summed E-state index contributed by atoms with van der Waals surface area (Å²) in [6.07, 6.45) is 2.01. The van der Waals surface area contributed by atoms with Gasteiger partial charge in [-0.1, -0.05) is 6.07 Å². The first-order valence-corrected chi connectivity index (χ1v) is 8.34. The van der Waals surface area contributed by atoms with Gasteiger partial charge in [0.1, 0.15) is 0 Å². The average Bonchev–Trinajstić information content (AvgIpc) is 3.27. The second-order valence-corrected chi connectivity index (χ2v) is 6.44. The van der Waals surface area contributed by atoms with Crippen molar-refractivity contribution in [2.24, 2.45) is 0 Å². The van der Waals surface area contributed by atoms with Gasteiger partial charge < -0.3 is 14.4 Å². The molecule has 0 spiro atoms. The predicted molar refractivity (Wildman–Crippen MR) is 88.3 cm³/mol. The van der Waals surface area contributed by atoms with Crippen LogP contribution in [0.3, 0.4) is 0 Å². The molecule has 6 heteroatoms. The maximum atomic E-state index is 13.1. The maximum absolute atomic E-state index is 13.1. The van der Waals surface area contributed by atoms with Gasteiger partial charge in [-0.25, -0.2) is 0 Å². The summed E-state index contributed by atoms with van der Waals surface area (Å²) in [5.74, 6) is 1.23. The maximum Gasteiger partial charge on any atom is 0.258 e. The van der Waals surface area contributed by atoms with Gasteiger partial charge in [0.2, 0.25) is 6.79 Å². The van der Waals surface area contributed by atoms with E-state index in [4.69, 9.17) is 9.47 Å². The van der Waals surface area contributed by atoms with Crippen LogP contribution >= 0.6 is 0 Å². The normalized spacial score (nSPS) is 19.1. The van der Waals surface area contributed by atoms with Crippen LogP contribution in [0.1, 0.15) is 34.6 Å². The van der Waals surface area contributed by atoms with Gasteiger partial charge in [0.15, 0.2) is 11.5 Å². The molecule has 1 fully saturated rings. The van der Waals surface area contributed by atoms with Gasteiger partial charge in [0.25, 0.3) is 5.91 Å². The summed E-state index contributed by atoms with van der Waals surface area (Å²) in [5.41, 5.74) is 2.73. The summed E-state index contributed by atoms with van der Waals surface area (Å²) in [4.78, 5) is 15.0. The highest BCUT2D eigenvalue weighted by molar-refractivity contribution is 5.98. The van der Waals surface area contributed by atoms with Crippen LogP contribution in [0.15, 0.2) is 24.3 Å². The molecule has 2 aromatic rings. The van der Waals surface area contributed by atoms with E-state index in [0.29, 0.717) is 17.1 Å². The van der Waals surface area contributed by atoms with E-state index in [1.807, 2.05) is 34.7 Å². The fourth-order valence-electron chi connectivity index (χ4n) is 3.61. The SMILES string of the molecule is Cc1cc(C)n(CC2CCCN2C(=O)c2cccc3c2OCO3)n1. The summed E-state index contributed by atoms with van der Waals surface area (Å²) in [6, 6.07) is 7.71. The van der Waals surface area contributed by atoms with Crippen molar-refractivity contribution in [2.45, 2.75) is 39.3 Å². The number of ether oxygens (including phenoxy) is 2. The summed E-state index contributed by atoms with van der Waals surface area (Å²) in [6.45, 7) is 5.72. The van der Waals surface area contributed by atoms with Crippen molar-refractivity contribution in [3.8, 4) is 11.5 Å². The molecule has 6 nitrogen and oxygen atoms in total. The van der Waals surface area contributed by atoms with Crippen molar-refractivity contribution in [2.75, 3.05) is 13.3 Å². The standard InChI is InChI=1S/C18H21N3O3/c1-12-9-13(2)21(19-12)10-14-5-4-8-20(14)18(22)15-6-3-7-16-17(15)24-11-23-16/h3,6-7,9,14H,4-5,8,10-11H2,1-2H3. The molecule has 24 heavy (non-hydrogen) atoms. The molecule has 1 saturated heterocycles. The number of hydrogen-bond acceptors (Lipinski definition) is 4. The molecule has 1 unspecified atom stereocenters. The van der Waals surface area contributed by atoms with Crippen LogP contribution in [0, 0.1) is 13.8 Å². The zero-order valence-electron chi connectivity index (χ0n) is 14.0. The van der Waals surface area contributed by atoms with Crippen molar-refractivity contribution in [1.29, 1.82) is 0 Å². The Bertz CT molecular complexity index is 784. The zero-order valence-corrected chi connectivity index (χ0v) is 14.0. The molecule has 0 radical (unpaired) electrons. The van der Waals surface area contributed by atoms with E-state index in [1.54, 1.807) is 0 Å². The predicted octanol–water partition coefficient (Wildman–Crippen LogP) is 2.53. The monoisotopic (exact) mass is 327 g/mol. The summed E-state index contributed by atoms with van der Waals surface area (Å²) in [5, 5.41) is 4.53. The summed E-state index contributed by atoms with van der Waals surface area (Å²) in [7, 11) is 0. The summed E-state index contributed by atoms with van der Waals surface area (Å²) < 4.78 is 12.9. The number of para-hydroxylation sites is 1. The topological polar surface area (TPSA) is 56.6 Å². The molecule has 126 valence electrons. The Hall–Kier alpha value is -2.50. The van der Waals surface area contributed by atoms with Gasteiger partial charge in [0, 0.05) is 12.2 Å². The van der Waals surface area contributed by atoms with E-state index in [9.17, 15) is 4.79 Å². The van der Waals surface area contributed by atoms with Crippen LogP contribution in [0.2, 0.25) is 0 Å². The lowest BCUT2D eigenvalue weighted by molar-refractivity contribution is 0.0716. The first kappa shape index (κ1) is 15.1. The van der Waals surface area contributed by atoms with E-state index >= 15 is 0 Å². The smallest absolute Gasteiger partial charge is 0.258 e. The highest BCUT2D eigenvalue weighted by Gasteiger charge is 2.33. The van der Waals surface area contributed by atoms with Gasteiger partial charge in [-0.15, -0.1) is 0 Å². The third-order valence-corrected chi connectivity index (χ3v) is 4.75. The quantitative estimate of drug-likeness (QED) is 0.869. The number of carbonyl (C=O) groups is 1. The van der Waals surface area contributed by atoms with E-state index in [0.717, 1.165) is 37.3 Å². The molecule has 2 aliphatic rings. The third kappa shape index (κ3) is 2.52. The lowest BCUT2D eigenvalue weighted by Crippen LogP contribution is -2.38. The number of rotatable bonds is 3. The van der Waals surface area contributed by atoms with Gasteiger partial charge in [-0.2, -0.15) is 5.10 Å². The molecule has 1 atom stereocenters. The summed E-state index contributed by atoms with van der Waals surface area (Å²) >= 11 is 0. The Morgan fingerprint density at radius 3 is 3.00 bits per heavy atom. The minimum absolute atomic E-state index is 0.0152. The minimum atomic E-state index is 0.0152. The first-order chi connectivity index (χ1) is 11.6. The lowest BCUT2D eigenvalue weighted by atomic mass is 10.1. The third-order valence-electron chi connectivity index (χ3n) is 4.75. The second-order valence-electron chi connectivity index (χ2n) is 6.44. The zero-order chi connectivity index (χ0) is 16.7. The number of likely N-dealkylation sites (tertiary alicyclic amines) is 1. The number of aromatic nitrogens is 2. The van der Waals surface area contributed by atoms with Gasteiger partial charge in [-0.3, -0.25) is 9.48 Å². The number of fused-ring (bicyclic) bond motifs is 1. The first-order valence-electron chi connectivity index (χ1n) is 8.34. The Labute approximate surface area is 141 Å². The van der Waals surface area contributed by atoms with E-state index in [-0.39, 0.29) is 18.7 Å². The van der Waals surface area contributed by atoms with Crippen LogP contribution < -0.4 is 9.47 Å². The largest absolute Gasteiger partial charge is 0.454 e. The molecule has 1 amide bonds. The van der Waals surface area contributed by atoms with Crippen LogP contribution in [-0.4, -0.2) is 40.0 Å². The Balaban J connectivity index is 1.58. The number of benzene rings is 1. The number of amides is 1. The number of carbonyl (C=O) groups excluding carboxylic acids is 1. The molecule has 0 bridgehead atoms. The molecule has 4 rings (SSSR count). The lowest BCUT2D eigenvalue weighted by Gasteiger charge is -2.25. The molecule has 1 aromatic carbocycles. The van der Waals surface area contributed by atoms with Crippen molar-refractivity contribution in [3.63, 3.8) is 0 Å². The van der Waals surface area contributed by atoms with Crippen LogP contribution in [0.5, 0.6) is 11.5 Å². The molecule has 0 aliphatic carbocycles. The van der Waals surface area contributed by atoms with Crippen molar-refractivity contribution in [3.05, 3.63) is 41.2 Å². The highest BCUT2D eigenvalue weighted by Crippen LogP contribution is 2.37. The van der Waals surface area contributed by atoms with Crippen molar-refractivity contribution >= 4 is 5.91 Å². The molecular weight excluding hydrogens is 306 g/mol. The van der Waals surface area contributed by atoms with Crippen LogP contribution in [0.25, 0.3) is 0 Å². The molecule has 0 N–H and O–H groups in total. The molecule has 2 aliphatic heterocycles. The number of nitrogens with zero attached hydrogens (tertiary/aromatic N) is 3. The molecular formula is C18H21N3O3.